The molecule has 1 atom stereocenters. The highest BCUT2D eigenvalue weighted by atomic mass is 32.1. The summed E-state index contributed by atoms with van der Waals surface area (Å²) < 4.78 is 5.89. The average Bonchev–Trinajstić information content (AvgIpc) is 3.23. The lowest BCUT2D eigenvalue weighted by Gasteiger charge is -2.12. The van der Waals surface area contributed by atoms with Crippen molar-refractivity contribution in [2.24, 2.45) is 0 Å². The van der Waals surface area contributed by atoms with Gasteiger partial charge in [-0.1, -0.05) is 29.5 Å². The van der Waals surface area contributed by atoms with Crippen molar-refractivity contribution in [1.29, 1.82) is 0 Å². The Labute approximate surface area is 143 Å². The molecule has 0 aliphatic heterocycles. The number of aromatic nitrogens is 2. The summed E-state index contributed by atoms with van der Waals surface area (Å²) in [5, 5.41) is 16.4. The molecule has 1 aliphatic rings. The zero-order valence-corrected chi connectivity index (χ0v) is 14.3. The van der Waals surface area contributed by atoms with Crippen molar-refractivity contribution < 1.29 is 9.21 Å². The van der Waals surface area contributed by atoms with Gasteiger partial charge in [-0.2, -0.15) is 0 Å². The van der Waals surface area contributed by atoms with E-state index in [-0.39, 0.29) is 12.1 Å². The third-order valence-electron chi connectivity index (χ3n) is 4.21. The van der Waals surface area contributed by atoms with Gasteiger partial charge in [0.1, 0.15) is 16.4 Å². The maximum Gasteiger partial charge on any atom is 0.321 e. The van der Waals surface area contributed by atoms with E-state index in [0.717, 1.165) is 27.3 Å². The van der Waals surface area contributed by atoms with Gasteiger partial charge in [0, 0.05) is 16.9 Å². The molecule has 1 aromatic carbocycles. The molecule has 4 rings (SSSR count). The number of fused-ring (bicyclic) bond motifs is 1. The molecule has 0 radical (unpaired) electrons. The van der Waals surface area contributed by atoms with Gasteiger partial charge in [-0.25, -0.2) is 4.79 Å². The minimum absolute atomic E-state index is 0.242. The summed E-state index contributed by atoms with van der Waals surface area (Å²) >= 11 is 1.44. The van der Waals surface area contributed by atoms with Gasteiger partial charge in [-0.3, -0.25) is 5.32 Å². The van der Waals surface area contributed by atoms with Gasteiger partial charge in [0.25, 0.3) is 0 Å². The predicted molar refractivity (Wildman–Crippen MR) is 93.4 cm³/mol. The lowest BCUT2D eigenvalue weighted by molar-refractivity contribution is 0.247. The minimum atomic E-state index is -0.305. The van der Waals surface area contributed by atoms with E-state index < -0.39 is 0 Å². The van der Waals surface area contributed by atoms with Crippen LogP contribution in [-0.2, 0) is 0 Å². The Morgan fingerprint density at radius 2 is 2.12 bits per heavy atom. The number of amides is 2. The van der Waals surface area contributed by atoms with Gasteiger partial charge >= 0.3 is 6.03 Å². The zero-order chi connectivity index (χ0) is 16.7. The molecule has 6 nitrogen and oxygen atoms in total. The van der Waals surface area contributed by atoms with E-state index >= 15 is 0 Å². The Morgan fingerprint density at radius 3 is 2.88 bits per heavy atom. The van der Waals surface area contributed by atoms with Crippen LogP contribution in [-0.4, -0.2) is 16.2 Å². The number of benzene rings is 1. The second-order valence-electron chi connectivity index (χ2n) is 6.13. The van der Waals surface area contributed by atoms with Crippen LogP contribution in [0.3, 0.4) is 0 Å². The molecular weight excluding hydrogens is 324 g/mol. The molecule has 0 saturated heterocycles. The number of carbonyl (C=O) groups is 1. The number of para-hydroxylation sites is 1. The van der Waals surface area contributed by atoms with Crippen LogP contribution in [0, 0.1) is 6.92 Å². The molecule has 7 heteroatoms. The number of furan rings is 1. The maximum atomic E-state index is 12.2. The van der Waals surface area contributed by atoms with Crippen LogP contribution in [0.5, 0.6) is 0 Å². The summed E-state index contributed by atoms with van der Waals surface area (Å²) in [6.07, 6.45) is 2.34. The van der Waals surface area contributed by atoms with Crippen molar-refractivity contribution in [1.82, 2.24) is 15.5 Å². The van der Waals surface area contributed by atoms with E-state index in [0.29, 0.717) is 11.0 Å². The Morgan fingerprint density at radius 1 is 1.33 bits per heavy atom. The molecular formula is C17H18N4O2S. The third-order valence-corrected chi connectivity index (χ3v) is 5.21. The number of hydrogen-bond acceptors (Lipinski definition) is 5. The highest BCUT2D eigenvalue weighted by molar-refractivity contribution is 7.15. The summed E-state index contributed by atoms with van der Waals surface area (Å²) in [5.74, 6) is 1.31. The van der Waals surface area contributed by atoms with Crippen LogP contribution < -0.4 is 10.6 Å². The summed E-state index contributed by atoms with van der Waals surface area (Å²) in [7, 11) is 0. The third kappa shape index (κ3) is 2.87. The van der Waals surface area contributed by atoms with Crippen molar-refractivity contribution in [3.63, 3.8) is 0 Å². The summed E-state index contributed by atoms with van der Waals surface area (Å²) in [4.78, 5) is 12.2. The minimum Gasteiger partial charge on any atom is -0.459 e. The molecule has 3 aromatic rings. The highest BCUT2D eigenvalue weighted by Crippen LogP contribution is 2.42. The molecule has 1 fully saturated rings. The summed E-state index contributed by atoms with van der Waals surface area (Å²) in [6, 6.07) is 7.32. The second-order valence-corrected chi connectivity index (χ2v) is 7.14. The first-order chi connectivity index (χ1) is 11.6. The monoisotopic (exact) mass is 342 g/mol. The van der Waals surface area contributed by atoms with Gasteiger partial charge in [0.15, 0.2) is 0 Å². The van der Waals surface area contributed by atoms with Crippen LogP contribution >= 0.6 is 11.3 Å². The molecule has 2 heterocycles. The number of anilines is 1. The number of carbonyl (C=O) groups excluding carboxylic acids is 1. The molecule has 2 aromatic heterocycles. The fourth-order valence-corrected chi connectivity index (χ4v) is 3.69. The van der Waals surface area contributed by atoms with E-state index in [1.807, 2.05) is 38.1 Å². The molecule has 1 aliphatic carbocycles. The van der Waals surface area contributed by atoms with E-state index in [1.165, 1.54) is 24.2 Å². The number of nitrogens with one attached hydrogen (secondary N) is 2. The Hall–Kier alpha value is -2.41. The number of nitrogens with zero attached hydrogens (tertiary/aromatic N) is 2. The smallest absolute Gasteiger partial charge is 0.321 e. The van der Waals surface area contributed by atoms with E-state index in [4.69, 9.17) is 4.42 Å². The van der Waals surface area contributed by atoms with Crippen molar-refractivity contribution in [3.8, 4) is 0 Å². The number of hydrogen-bond donors (Lipinski definition) is 2. The standard InChI is InChI=1S/C17H18N4O2S/c1-9-12-5-3-4-6-13(12)23-14(9)10(2)18-16(22)19-17-21-20-15(24-17)11-7-8-11/h3-6,10-11H,7-8H2,1-2H3,(H2,18,19,21,22)/t10-/m1/s1. The fraction of sp³-hybridized carbons (Fsp3) is 0.353. The summed E-state index contributed by atoms with van der Waals surface area (Å²) in [5.41, 5.74) is 1.88. The molecule has 1 saturated carbocycles. The van der Waals surface area contributed by atoms with Gasteiger partial charge in [0.2, 0.25) is 5.13 Å². The first-order valence-electron chi connectivity index (χ1n) is 8.01. The summed E-state index contributed by atoms with van der Waals surface area (Å²) in [6.45, 7) is 3.91. The molecule has 0 bridgehead atoms. The average molecular weight is 342 g/mol. The van der Waals surface area contributed by atoms with E-state index in [9.17, 15) is 4.79 Å². The Kier molecular flexibility index (Phi) is 3.72. The van der Waals surface area contributed by atoms with Crippen molar-refractivity contribution in [2.45, 2.75) is 38.6 Å². The maximum absolute atomic E-state index is 12.2. The van der Waals surface area contributed by atoms with E-state index in [2.05, 4.69) is 20.8 Å². The van der Waals surface area contributed by atoms with Crippen molar-refractivity contribution in [3.05, 3.63) is 40.6 Å². The van der Waals surface area contributed by atoms with Crippen LogP contribution in [0.25, 0.3) is 11.0 Å². The highest BCUT2D eigenvalue weighted by Gasteiger charge is 2.28. The van der Waals surface area contributed by atoms with E-state index in [1.54, 1.807) is 0 Å². The quantitative estimate of drug-likeness (QED) is 0.738. The van der Waals surface area contributed by atoms with Crippen LogP contribution in [0.15, 0.2) is 28.7 Å². The van der Waals surface area contributed by atoms with Gasteiger partial charge in [-0.15, -0.1) is 10.2 Å². The van der Waals surface area contributed by atoms with Crippen LogP contribution in [0.1, 0.15) is 48.1 Å². The van der Waals surface area contributed by atoms with Crippen molar-refractivity contribution >= 4 is 33.5 Å². The molecule has 2 N–H and O–H groups in total. The number of rotatable bonds is 4. The molecule has 2 amide bonds. The first kappa shape index (κ1) is 15.1. The van der Waals surface area contributed by atoms with Crippen molar-refractivity contribution in [2.75, 3.05) is 5.32 Å². The van der Waals surface area contributed by atoms with Gasteiger partial charge in [-0.05, 0) is 32.8 Å². The van der Waals surface area contributed by atoms with Crippen LogP contribution in [0.2, 0.25) is 0 Å². The predicted octanol–water partition coefficient (Wildman–Crippen LogP) is 4.35. The SMILES string of the molecule is Cc1c([C@@H](C)NC(=O)Nc2nnc(C3CC3)s2)oc2ccccc12. The van der Waals surface area contributed by atoms with Gasteiger partial charge < -0.3 is 9.73 Å². The topological polar surface area (TPSA) is 80.0 Å². The lowest BCUT2D eigenvalue weighted by atomic mass is 10.1. The molecule has 24 heavy (non-hydrogen) atoms. The Bertz CT molecular complexity index is 897. The first-order valence-corrected chi connectivity index (χ1v) is 8.82. The fourth-order valence-electron chi connectivity index (χ4n) is 2.78. The normalized spacial score (nSPS) is 15.4. The number of aryl methyl sites for hydroxylation is 1. The lowest BCUT2D eigenvalue weighted by Crippen LogP contribution is -2.31. The number of urea groups is 1. The van der Waals surface area contributed by atoms with Crippen LogP contribution in [0.4, 0.5) is 9.93 Å². The Balaban J connectivity index is 1.44. The second kappa shape index (κ2) is 5.90. The molecule has 0 unspecified atom stereocenters. The molecule has 124 valence electrons. The largest absolute Gasteiger partial charge is 0.459 e. The molecule has 0 spiro atoms. The zero-order valence-electron chi connectivity index (χ0n) is 13.5. The van der Waals surface area contributed by atoms with Gasteiger partial charge in [0.05, 0.1) is 6.04 Å².